The van der Waals surface area contributed by atoms with E-state index in [1.165, 1.54) is 12.1 Å². The van der Waals surface area contributed by atoms with Gasteiger partial charge < -0.3 is 15.5 Å². The molecule has 82 valence electrons. The summed E-state index contributed by atoms with van der Waals surface area (Å²) in [6.07, 6.45) is 0. The summed E-state index contributed by atoms with van der Waals surface area (Å²) in [4.78, 5) is 11.4. The Kier molecular flexibility index (Phi) is 3.62. The van der Waals surface area contributed by atoms with Crippen LogP contribution in [0.1, 0.15) is 17.3 Å². The quantitative estimate of drug-likeness (QED) is 0.690. The first-order valence-corrected chi connectivity index (χ1v) is 4.45. The van der Waals surface area contributed by atoms with Gasteiger partial charge in [0.2, 0.25) is 0 Å². The fraction of sp³-hybridized carbons (Fsp3) is 0.300. The molecule has 0 aromatic heterocycles. The summed E-state index contributed by atoms with van der Waals surface area (Å²) in [7, 11) is 0. The third-order valence-corrected chi connectivity index (χ3v) is 1.87. The minimum atomic E-state index is -0.794. The second-order valence-electron chi connectivity index (χ2n) is 3.19. The van der Waals surface area contributed by atoms with Crippen molar-refractivity contribution in [2.45, 2.75) is 13.0 Å². The van der Waals surface area contributed by atoms with Crippen molar-refractivity contribution in [1.82, 2.24) is 5.32 Å². The smallest absolute Gasteiger partial charge is 0.258 e. The van der Waals surface area contributed by atoms with Gasteiger partial charge in [-0.15, -0.1) is 0 Å². The Morgan fingerprint density at radius 1 is 1.60 bits per heavy atom. The molecular formula is C10H12FNO3. The van der Waals surface area contributed by atoms with E-state index in [-0.39, 0.29) is 6.61 Å². The standard InChI is InChI=1S/C10H12FNO3/c1-6(5-13)12-10(15)9-7(11)3-2-4-8(9)14/h2-4,6,13-14H,5H2,1H3,(H,12,15)/t6-/m0/s1. The van der Waals surface area contributed by atoms with E-state index in [1.807, 2.05) is 0 Å². The molecule has 0 spiro atoms. The van der Waals surface area contributed by atoms with E-state index >= 15 is 0 Å². The molecule has 0 aliphatic carbocycles. The molecule has 0 fully saturated rings. The number of amides is 1. The van der Waals surface area contributed by atoms with Crippen LogP contribution in [0.2, 0.25) is 0 Å². The van der Waals surface area contributed by atoms with E-state index in [0.29, 0.717) is 0 Å². The predicted molar refractivity (Wildman–Crippen MR) is 52.1 cm³/mol. The van der Waals surface area contributed by atoms with Gasteiger partial charge >= 0.3 is 0 Å². The SMILES string of the molecule is C[C@@H](CO)NC(=O)c1c(O)cccc1F. The highest BCUT2D eigenvalue weighted by Gasteiger charge is 2.17. The van der Waals surface area contributed by atoms with Crippen molar-refractivity contribution < 1.29 is 19.4 Å². The number of aliphatic hydroxyl groups is 1. The van der Waals surface area contributed by atoms with Crippen molar-refractivity contribution in [3.63, 3.8) is 0 Å². The third kappa shape index (κ3) is 2.66. The lowest BCUT2D eigenvalue weighted by Gasteiger charge is -2.11. The fourth-order valence-corrected chi connectivity index (χ4v) is 1.08. The summed E-state index contributed by atoms with van der Waals surface area (Å²) in [5.41, 5.74) is -0.405. The highest BCUT2D eigenvalue weighted by atomic mass is 19.1. The molecule has 1 aromatic carbocycles. The van der Waals surface area contributed by atoms with E-state index < -0.39 is 29.1 Å². The number of aromatic hydroxyl groups is 1. The molecule has 5 heteroatoms. The minimum Gasteiger partial charge on any atom is -0.507 e. The van der Waals surface area contributed by atoms with Crippen molar-refractivity contribution in [3.8, 4) is 5.75 Å². The Morgan fingerprint density at radius 2 is 2.27 bits per heavy atom. The number of phenolic OH excluding ortho intramolecular Hbond substituents is 1. The maximum Gasteiger partial charge on any atom is 0.258 e. The van der Waals surface area contributed by atoms with Gasteiger partial charge in [0.25, 0.3) is 5.91 Å². The molecule has 0 radical (unpaired) electrons. The zero-order valence-corrected chi connectivity index (χ0v) is 8.20. The van der Waals surface area contributed by atoms with E-state index in [0.717, 1.165) is 6.07 Å². The van der Waals surface area contributed by atoms with Gasteiger partial charge in [-0.2, -0.15) is 0 Å². The highest BCUT2D eigenvalue weighted by molar-refractivity contribution is 5.97. The average Bonchev–Trinajstić information content (AvgIpc) is 2.17. The van der Waals surface area contributed by atoms with E-state index in [4.69, 9.17) is 5.11 Å². The maximum absolute atomic E-state index is 13.2. The first kappa shape index (κ1) is 11.5. The summed E-state index contributed by atoms with van der Waals surface area (Å²) in [5.74, 6) is -1.96. The minimum absolute atomic E-state index is 0.249. The number of hydrogen-bond donors (Lipinski definition) is 3. The Morgan fingerprint density at radius 3 is 2.80 bits per heavy atom. The van der Waals surface area contributed by atoms with Gasteiger partial charge in [0.15, 0.2) is 0 Å². The van der Waals surface area contributed by atoms with Gasteiger partial charge in [0, 0.05) is 6.04 Å². The zero-order chi connectivity index (χ0) is 11.4. The van der Waals surface area contributed by atoms with Crippen molar-refractivity contribution in [2.24, 2.45) is 0 Å². The van der Waals surface area contributed by atoms with Gasteiger partial charge in [-0.25, -0.2) is 4.39 Å². The van der Waals surface area contributed by atoms with Crippen molar-refractivity contribution in [1.29, 1.82) is 0 Å². The van der Waals surface area contributed by atoms with Crippen LogP contribution < -0.4 is 5.32 Å². The van der Waals surface area contributed by atoms with E-state index in [1.54, 1.807) is 6.92 Å². The predicted octanol–water partition coefficient (Wildman–Crippen LogP) is 0.642. The van der Waals surface area contributed by atoms with Crippen LogP contribution >= 0.6 is 0 Å². The first-order chi connectivity index (χ1) is 7.06. The number of carbonyl (C=O) groups excluding carboxylic acids is 1. The second-order valence-corrected chi connectivity index (χ2v) is 3.19. The molecule has 3 N–H and O–H groups in total. The molecule has 1 rings (SSSR count). The number of carbonyl (C=O) groups is 1. The number of hydrogen-bond acceptors (Lipinski definition) is 3. The van der Waals surface area contributed by atoms with Crippen LogP contribution in [0.3, 0.4) is 0 Å². The highest BCUT2D eigenvalue weighted by Crippen LogP contribution is 2.19. The third-order valence-electron chi connectivity index (χ3n) is 1.87. The largest absolute Gasteiger partial charge is 0.507 e. The van der Waals surface area contributed by atoms with Crippen molar-refractivity contribution in [2.75, 3.05) is 6.61 Å². The summed E-state index contributed by atoms with van der Waals surface area (Å²) in [6.45, 7) is 1.32. The monoisotopic (exact) mass is 213 g/mol. The van der Waals surface area contributed by atoms with Crippen LogP contribution in [0.25, 0.3) is 0 Å². The molecule has 0 saturated carbocycles. The average molecular weight is 213 g/mol. The van der Waals surface area contributed by atoms with Crippen LogP contribution in [0.5, 0.6) is 5.75 Å². The zero-order valence-electron chi connectivity index (χ0n) is 8.20. The normalized spacial score (nSPS) is 12.2. The molecule has 0 heterocycles. The first-order valence-electron chi connectivity index (χ1n) is 4.45. The molecule has 1 atom stereocenters. The molecule has 0 aliphatic heterocycles. The summed E-state index contributed by atoms with van der Waals surface area (Å²) in [5, 5.41) is 20.3. The molecule has 4 nitrogen and oxygen atoms in total. The van der Waals surface area contributed by atoms with Gasteiger partial charge in [0.1, 0.15) is 17.1 Å². The molecular weight excluding hydrogens is 201 g/mol. The molecule has 1 aromatic rings. The van der Waals surface area contributed by atoms with Crippen LogP contribution in [0.4, 0.5) is 4.39 Å². The van der Waals surface area contributed by atoms with Crippen LogP contribution in [0, 0.1) is 5.82 Å². The Balaban J connectivity index is 2.91. The number of halogens is 1. The van der Waals surface area contributed by atoms with Crippen LogP contribution in [-0.2, 0) is 0 Å². The number of phenols is 1. The molecule has 0 aliphatic rings. The number of nitrogens with one attached hydrogen (secondary N) is 1. The Hall–Kier alpha value is -1.62. The molecule has 15 heavy (non-hydrogen) atoms. The second kappa shape index (κ2) is 4.75. The summed E-state index contributed by atoms with van der Waals surface area (Å²) < 4.78 is 13.2. The van der Waals surface area contributed by atoms with E-state index in [9.17, 15) is 14.3 Å². The van der Waals surface area contributed by atoms with E-state index in [2.05, 4.69) is 5.32 Å². The van der Waals surface area contributed by atoms with Crippen LogP contribution in [-0.4, -0.2) is 28.8 Å². The van der Waals surface area contributed by atoms with Gasteiger partial charge in [-0.1, -0.05) is 6.07 Å². The lowest BCUT2D eigenvalue weighted by molar-refractivity contribution is 0.0915. The molecule has 1 amide bonds. The van der Waals surface area contributed by atoms with Gasteiger partial charge in [-0.05, 0) is 19.1 Å². The lowest BCUT2D eigenvalue weighted by Crippen LogP contribution is -2.35. The molecule has 0 unspecified atom stereocenters. The summed E-state index contributed by atoms with van der Waals surface area (Å²) >= 11 is 0. The number of rotatable bonds is 3. The number of benzene rings is 1. The number of aliphatic hydroxyl groups excluding tert-OH is 1. The molecule has 0 saturated heterocycles. The van der Waals surface area contributed by atoms with Gasteiger partial charge in [-0.3, -0.25) is 4.79 Å². The topological polar surface area (TPSA) is 69.6 Å². The molecule has 0 bridgehead atoms. The lowest BCUT2D eigenvalue weighted by atomic mass is 10.1. The Labute approximate surface area is 86.4 Å². The summed E-state index contributed by atoms with van der Waals surface area (Å²) in [6, 6.07) is 3.12. The Bertz CT molecular complexity index is 347. The fourth-order valence-electron chi connectivity index (χ4n) is 1.08. The maximum atomic E-state index is 13.2. The van der Waals surface area contributed by atoms with Crippen molar-refractivity contribution in [3.05, 3.63) is 29.6 Å². The van der Waals surface area contributed by atoms with Crippen LogP contribution in [0.15, 0.2) is 18.2 Å². The van der Waals surface area contributed by atoms with Gasteiger partial charge in [0.05, 0.1) is 6.61 Å². The van der Waals surface area contributed by atoms with Crippen molar-refractivity contribution >= 4 is 5.91 Å².